The van der Waals surface area contributed by atoms with Crippen LogP contribution in [0.4, 0.5) is 0 Å². The Hall–Kier alpha value is -1.40. The average molecular weight is 255 g/mol. The van der Waals surface area contributed by atoms with Gasteiger partial charge in [-0.2, -0.15) is 0 Å². The standard InChI is InChI=1S/C12H21N3O3/c1-3-18-10-4-5-13-6-7-15-9-8-14(2)11(16)12(15)17/h8-9,13H,3-7,10H2,1-2H3. The zero-order valence-electron chi connectivity index (χ0n) is 11.0. The predicted molar refractivity (Wildman–Crippen MR) is 69.9 cm³/mol. The Bertz CT molecular complexity index is 464. The summed E-state index contributed by atoms with van der Waals surface area (Å²) in [6.07, 6.45) is 4.17. The van der Waals surface area contributed by atoms with Crippen LogP contribution in [-0.4, -0.2) is 35.4 Å². The highest BCUT2D eigenvalue weighted by atomic mass is 16.5. The highest BCUT2D eigenvalue weighted by molar-refractivity contribution is 4.84. The van der Waals surface area contributed by atoms with Gasteiger partial charge in [-0.15, -0.1) is 0 Å². The Morgan fingerprint density at radius 3 is 2.72 bits per heavy atom. The second-order valence-corrected chi connectivity index (χ2v) is 4.01. The van der Waals surface area contributed by atoms with E-state index in [0.717, 1.165) is 26.2 Å². The monoisotopic (exact) mass is 255 g/mol. The van der Waals surface area contributed by atoms with Crippen molar-refractivity contribution >= 4 is 0 Å². The van der Waals surface area contributed by atoms with Crippen molar-refractivity contribution in [1.29, 1.82) is 0 Å². The van der Waals surface area contributed by atoms with Gasteiger partial charge >= 0.3 is 11.1 Å². The Balaban J connectivity index is 2.30. The SMILES string of the molecule is CCOCCCNCCn1ccn(C)c(=O)c1=O. The minimum Gasteiger partial charge on any atom is -0.382 e. The number of ether oxygens (including phenoxy) is 1. The van der Waals surface area contributed by atoms with Crippen molar-refractivity contribution in [2.24, 2.45) is 7.05 Å². The van der Waals surface area contributed by atoms with E-state index in [1.165, 1.54) is 9.13 Å². The maximum absolute atomic E-state index is 11.6. The summed E-state index contributed by atoms with van der Waals surface area (Å²) in [7, 11) is 1.57. The van der Waals surface area contributed by atoms with Gasteiger partial charge in [-0.25, -0.2) is 0 Å². The van der Waals surface area contributed by atoms with E-state index in [1.54, 1.807) is 19.4 Å². The molecule has 0 radical (unpaired) electrons. The molecule has 0 aliphatic rings. The van der Waals surface area contributed by atoms with Gasteiger partial charge in [-0.3, -0.25) is 9.59 Å². The van der Waals surface area contributed by atoms with Crippen LogP contribution in [0, 0.1) is 0 Å². The summed E-state index contributed by atoms with van der Waals surface area (Å²) in [4.78, 5) is 23.0. The zero-order valence-corrected chi connectivity index (χ0v) is 11.0. The summed E-state index contributed by atoms with van der Waals surface area (Å²) in [5.41, 5.74) is -0.968. The van der Waals surface area contributed by atoms with Gasteiger partial charge in [0.2, 0.25) is 0 Å². The van der Waals surface area contributed by atoms with Gasteiger partial charge < -0.3 is 19.2 Å². The summed E-state index contributed by atoms with van der Waals surface area (Å²) in [6.45, 7) is 5.47. The van der Waals surface area contributed by atoms with E-state index >= 15 is 0 Å². The summed E-state index contributed by atoms with van der Waals surface area (Å²) in [6, 6.07) is 0. The van der Waals surface area contributed by atoms with E-state index < -0.39 is 11.1 Å². The summed E-state index contributed by atoms with van der Waals surface area (Å²) < 4.78 is 7.92. The van der Waals surface area contributed by atoms with Gasteiger partial charge in [0.1, 0.15) is 0 Å². The number of nitrogens with zero attached hydrogens (tertiary/aromatic N) is 2. The summed E-state index contributed by atoms with van der Waals surface area (Å²) >= 11 is 0. The Morgan fingerprint density at radius 2 is 2.00 bits per heavy atom. The van der Waals surface area contributed by atoms with E-state index in [2.05, 4.69) is 5.32 Å². The molecule has 0 aliphatic heterocycles. The van der Waals surface area contributed by atoms with Crippen LogP contribution in [0.1, 0.15) is 13.3 Å². The lowest BCUT2D eigenvalue weighted by atomic mass is 10.4. The van der Waals surface area contributed by atoms with Crippen molar-refractivity contribution in [3.05, 3.63) is 33.1 Å². The minimum atomic E-state index is -0.492. The van der Waals surface area contributed by atoms with Gasteiger partial charge in [0, 0.05) is 45.7 Å². The third-order valence-electron chi connectivity index (χ3n) is 2.61. The van der Waals surface area contributed by atoms with Crippen LogP contribution in [0.15, 0.2) is 22.0 Å². The van der Waals surface area contributed by atoms with Crippen LogP contribution in [0.5, 0.6) is 0 Å². The second kappa shape index (κ2) is 7.84. The van der Waals surface area contributed by atoms with Crippen molar-refractivity contribution in [1.82, 2.24) is 14.5 Å². The first-order valence-electron chi connectivity index (χ1n) is 6.21. The van der Waals surface area contributed by atoms with E-state index in [4.69, 9.17) is 4.74 Å². The van der Waals surface area contributed by atoms with E-state index in [1.807, 2.05) is 6.92 Å². The number of hydrogen-bond donors (Lipinski definition) is 1. The van der Waals surface area contributed by atoms with Crippen LogP contribution in [0.2, 0.25) is 0 Å². The van der Waals surface area contributed by atoms with Crippen molar-refractivity contribution in [2.45, 2.75) is 19.9 Å². The summed E-state index contributed by atoms with van der Waals surface area (Å²) in [5.74, 6) is 0. The number of hydrogen-bond acceptors (Lipinski definition) is 4. The molecule has 1 N–H and O–H groups in total. The maximum Gasteiger partial charge on any atom is 0.316 e. The van der Waals surface area contributed by atoms with Crippen LogP contribution in [0.3, 0.4) is 0 Å². The third-order valence-corrected chi connectivity index (χ3v) is 2.61. The lowest BCUT2D eigenvalue weighted by Gasteiger charge is -2.07. The Morgan fingerprint density at radius 1 is 1.22 bits per heavy atom. The van der Waals surface area contributed by atoms with Gasteiger partial charge in [-0.05, 0) is 19.9 Å². The molecule has 6 nitrogen and oxygen atoms in total. The Labute approximate surface area is 106 Å². The Kier molecular flexibility index (Phi) is 6.38. The molecular formula is C12H21N3O3. The van der Waals surface area contributed by atoms with Gasteiger partial charge in [0.15, 0.2) is 0 Å². The molecule has 1 rings (SSSR count). The molecule has 0 bridgehead atoms. The fourth-order valence-electron chi connectivity index (χ4n) is 1.53. The fraction of sp³-hybridized carbons (Fsp3) is 0.667. The highest BCUT2D eigenvalue weighted by Gasteiger charge is 2.01. The fourth-order valence-corrected chi connectivity index (χ4v) is 1.53. The molecule has 0 aliphatic carbocycles. The smallest absolute Gasteiger partial charge is 0.316 e. The van der Waals surface area contributed by atoms with Crippen molar-refractivity contribution in [3.63, 3.8) is 0 Å². The largest absolute Gasteiger partial charge is 0.382 e. The average Bonchev–Trinajstić information content (AvgIpc) is 2.37. The molecule has 0 fully saturated rings. The molecule has 1 aromatic rings. The van der Waals surface area contributed by atoms with Crippen molar-refractivity contribution in [3.8, 4) is 0 Å². The van der Waals surface area contributed by atoms with Gasteiger partial charge in [0.25, 0.3) is 0 Å². The minimum absolute atomic E-state index is 0.476. The topological polar surface area (TPSA) is 65.3 Å². The predicted octanol–water partition coefficient (Wildman–Crippen LogP) is -0.437. The molecule has 0 unspecified atom stereocenters. The molecule has 18 heavy (non-hydrogen) atoms. The molecule has 0 atom stereocenters. The van der Waals surface area contributed by atoms with Crippen LogP contribution in [0.25, 0.3) is 0 Å². The molecule has 0 amide bonds. The van der Waals surface area contributed by atoms with Gasteiger partial charge in [-0.1, -0.05) is 0 Å². The van der Waals surface area contributed by atoms with Crippen LogP contribution >= 0.6 is 0 Å². The second-order valence-electron chi connectivity index (χ2n) is 4.01. The maximum atomic E-state index is 11.6. The summed E-state index contributed by atoms with van der Waals surface area (Å²) in [5, 5.41) is 3.21. The number of aromatic nitrogens is 2. The highest BCUT2D eigenvalue weighted by Crippen LogP contribution is 1.81. The zero-order chi connectivity index (χ0) is 13.4. The first-order chi connectivity index (χ1) is 8.66. The van der Waals surface area contributed by atoms with E-state index in [-0.39, 0.29) is 0 Å². The third kappa shape index (κ3) is 4.46. The molecule has 0 spiro atoms. The van der Waals surface area contributed by atoms with Crippen LogP contribution < -0.4 is 16.4 Å². The molecule has 1 heterocycles. The van der Waals surface area contributed by atoms with E-state index in [9.17, 15) is 9.59 Å². The molecule has 0 saturated heterocycles. The lowest BCUT2D eigenvalue weighted by molar-refractivity contribution is 0.145. The molecule has 1 aromatic heterocycles. The van der Waals surface area contributed by atoms with Gasteiger partial charge in [0.05, 0.1) is 0 Å². The number of aryl methyl sites for hydroxylation is 1. The molecule has 6 heteroatoms. The molecule has 0 aromatic carbocycles. The molecule has 0 saturated carbocycles. The molecule has 102 valence electrons. The number of nitrogens with one attached hydrogen (secondary N) is 1. The van der Waals surface area contributed by atoms with E-state index in [0.29, 0.717) is 13.1 Å². The number of rotatable bonds is 8. The van der Waals surface area contributed by atoms with Crippen molar-refractivity contribution < 1.29 is 4.74 Å². The first-order valence-corrected chi connectivity index (χ1v) is 6.21. The quantitative estimate of drug-likeness (QED) is 0.505. The lowest BCUT2D eigenvalue weighted by Crippen LogP contribution is -2.40. The first kappa shape index (κ1) is 14.7. The van der Waals surface area contributed by atoms with Crippen molar-refractivity contribution in [2.75, 3.05) is 26.3 Å². The van der Waals surface area contributed by atoms with Crippen LogP contribution in [-0.2, 0) is 18.3 Å². The normalized spacial score (nSPS) is 10.8. The molecular weight excluding hydrogens is 234 g/mol.